The fourth-order valence-corrected chi connectivity index (χ4v) is 3.17. The summed E-state index contributed by atoms with van der Waals surface area (Å²) in [5, 5.41) is 0.772. The minimum absolute atomic E-state index is 0.302. The number of hydrogen-bond acceptors (Lipinski definition) is 3. The molecule has 0 fully saturated rings. The molecule has 2 amide bonds. The van der Waals surface area contributed by atoms with Gasteiger partial charge in [-0.2, -0.15) is 0 Å². The lowest BCUT2D eigenvalue weighted by Gasteiger charge is -2.18. The molecule has 0 aromatic heterocycles. The van der Waals surface area contributed by atoms with Gasteiger partial charge in [-0.15, -0.1) is 0 Å². The van der Waals surface area contributed by atoms with Gasteiger partial charge in [0.1, 0.15) is 5.75 Å². The maximum atomic E-state index is 12.4. The molecule has 5 nitrogen and oxygen atoms in total. The van der Waals surface area contributed by atoms with Crippen molar-refractivity contribution in [2.75, 3.05) is 0 Å². The minimum Gasteiger partial charge on any atom is -0.479 e. The molecule has 7 heteroatoms. The average molecular weight is 437 g/mol. The second-order valence-corrected chi connectivity index (χ2v) is 8.22. The van der Waals surface area contributed by atoms with Crippen molar-refractivity contribution < 1.29 is 14.3 Å². The van der Waals surface area contributed by atoms with Crippen molar-refractivity contribution in [3.8, 4) is 5.75 Å². The summed E-state index contributed by atoms with van der Waals surface area (Å²) in [6, 6.07) is 12.7. The number of halogens is 2. The molecule has 2 atom stereocenters. The van der Waals surface area contributed by atoms with E-state index in [1.807, 2.05) is 24.3 Å². The van der Waals surface area contributed by atoms with Gasteiger partial charge in [-0.3, -0.25) is 20.4 Å². The van der Waals surface area contributed by atoms with Gasteiger partial charge in [-0.1, -0.05) is 61.3 Å². The normalized spacial score (nSPS) is 12.9. The molecule has 2 rings (SSSR count). The zero-order valence-corrected chi connectivity index (χ0v) is 18.5. The van der Waals surface area contributed by atoms with Crippen molar-refractivity contribution in [2.24, 2.45) is 5.92 Å². The number of nitrogens with one attached hydrogen (secondary N) is 2. The van der Waals surface area contributed by atoms with Crippen LogP contribution in [-0.2, 0) is 16.0 Å². The topological polar surface area (TPSA) is 67.4 Å². The first-order chi connectivity index (χ1) is 13.7. The average Bonchev–Trinajstić information content (AvgIpc) is 2.67. The summed E-state index contributed by atoms with van der Waals surface area (Å²) in [6.07, 6.45) is 0.131. The Morgan fingerprint density at radius 1 is 0.931 bits per heavy atom. The van der Waals surface area contributed by atoms with Gasteiger partial charge < -0.3 is 4.74 Å². The number of carbonyl (C=O) groups excluding carboxylic acids is 2. The van der Waals surface area contributed by atoms with E-state index in [0.717, 1.165) is 12.0 Å². The lowest BCUT2D eigenvalue weighted by Crippen LogP contribution is -2.48. The fourth-order valence-electron chi connectivity index (χ4n) is 2.71. The summed E-state index contributed by atoms with van der Waals surface area (Å²) >= 11 is 11.9. The van der Waals surface area contributed by atoms with Gasteiger partial charge in [0, 0.05) is 5.02 Å². The predicted molar refractivity (Wildman–Crippen MR) is 116 cm³/mol. The van der Waals surface area contributed by atoms with E-state index in [4.69, 9.17) is 27.9 Å². The van der Waals surface area contributed by atoms with Crippen molar-refractivity contribution in [3.05, 3.63) is 63.6 Å². The Labute approximate surface area is 181 Å². The largest absolute Gasteiger partial charge is 0.479 e. The predicted octanol–water partition coefficient (Wildman–Crippen LogP) is 4.91. The molecule has 2 aromatic carbocycles. The van der Waals surface area contributed by atoms with Gasteiger partial charge >= 0.3 is 0 Å². The second kappa shape index (κ2) is 10.5. The molecule has 0 spiro atoms. The van der Waals surface area contributed by atoms with Crippen LogP contribution in [0.3, 0.4) is 0 Å². The van der Waals surface area contributed by atoms with E-state index in [-0.39, 0.29) is 5.91 Å². The molecule has 2 N–H and O–H groups in total. The summed E-state index contributed by atoms with van der Waals surface area (Å²) in [5.41, 5.74) is 6.94. The Bertz CT molecular complexity index is 854. The third-order valence-electron chi connectivity index (χ3n) is 4.39. The second-order valence-electron chi connectivity index (χ2n) is 7.37. The Morgan fingerprint density at radius 2 is 1.55 bits per heavy atom. The molecule has 0 bridgehead atoms. The van der Waals surface area contributed by atoms with Crippen LogP contribution < -0.4 is 15.6 Å². The van der Waals surface area contributed by atoms with Gasteiger partial charge in [0.15, 0.2) is 6.10 Å². The molecule has 156 valence electrons. The summed E-state index contributed by atoms with van der Waals surface area (Å²) in [4.78, 5) is 24.6. The maximum absolute atomic E-state index is 12.4. The molecular formula is C22H26Cl2N2O3. The van der Waals surface area contributed by atoms with Crippen LogP contribution in [0.5, 0.6) is 5.75 Å². The minimum atomic E-state index is -0.861. The number of ether oxygens (including phenoxy) is 1. The van der Waals surface area contributed by atoms with Gasteiger partial charge in [0.05, 0.1) is 10.9 Å². The van der Waals surface area contributed by atoms with Crippen molar-refractivity contribution >= 4 is 35.0 Å². The van der Waals surface area contributed by atoms with Crippen molar-refractivity contribution in [1.29, 1.82) is 0 Å². The van der Waals surface area contributed by atoms with Crippen molar-refractivity contribution in [3.63, 3.8) is 0 Å². The van der Waals surface area contributed by atoms with Gasteiger partial charge in [0.25, 0.3) is 5.91 Å². The summed E-state index contributed by atoms with van der Waals surface area (Å²) < 4.78 is 5.53. The summed E-state index contributed by atoms with van der Waals surface area (Å²) in [5.74, 6) is -0.315. The molecule has 0 aliphatic carbocycles. The Hall–Kier alpha value is -2.24. The van der Waals surface area contributed by atoms with E-state index >= 15 is 0 Å². The zero-order chi connectivity index (χ0) is 21.6. The Kier molecular flexibility index (Phi) is 8.35. The summed E-state index contributed by atoms with van der Waals surface area (Å²) in [7, 11) is 0. The number of hydrogen-bond donors (Lipinski definition) is 2. The van der Waals surface area contributed by atoms with Gasteiger partial charge in [-0.25, -0.2) is 0 Å². The molecule has 2 unspecified atom stereocenters. The Balaban J connectivity index is 1.87. The SMILES string of the molecule is CC(C)Cc1ccc(C(C)C(=O)NNC(=O)C(C)Oc2ccc(Cl)cc2Cl)cc1. The highest BCUT2D eigenvalue weighted by molar-refractivity contribution is 6.35. The molecule has 0 saturated carbocycles. The van der Waals surface area contributed by atoms with Gasteiger partial charge in [0.2, 0.25) is 5.91 Å². The molecule has 0 saturated heterocycles. The van der Waals surface area contributed by atoms with Crippen LogP contribution in [0.25, 0.3) is 0 Å². The molecule has 0 radical (unpaired) electrons. The van der Waals surface area contributed by atoms with Crippen LogP contribution in [0.1, 0.15) is 44.7 Å². The number of amides is 2. The molecule has 0 heterocycles. The van der Waals surface area contributed by atoms with Crippen LogP contribution in [-0.4, -0.2) is 17.9 Å². The lowest BCUT2D eigenvalue weighted by molar-refractivity contribution is -0.133. The highest BCUT2D eigenvalue weighted by Gasteiger charge is 2.20. The maximum Gasteiger partial charge on any atom is 0.279 e. The first kappa shape index (κ1) is 23.0. The van der Waals surface area contributed by atoms with Crippen LogP contribution in [0.15, 0.2) is 42.5 Å². The van der Waals surface area contributed by atoms with E-state index in [2.05, 4.69) is 24.7 Å². The smallest absolute Gasteiger partial charge is 0.279 e. The van der Waals surface area contributed by atoms with Gasteiger partial charge in [-0.05, 0) is 55.5 Å². The molecule has 0 aliphatic rings. The number of rotatable bonds is 7. The van der Waals surface area contributed by atoms with Crippen LogP contribution in [0.4, 0.5) is 0 Å². The first-order valence-electron chi connectivity index (χ1n) is 9.47. The van der Waals surface area contributed by atoms with E-state index in [9.17, 15) is 9.59 Å². The van der Waals surface area contributed by atoms with E-state index < -0.39 is 17.9 Å². The molecular weight excluding hydrogens is 411 g/mol. The highest BCUT2D eigenvalue weighted by atomic mass is 35.5. The van der Waals surface area contributed by atoms with Crippen LogP contribution >= 0.6 is 23.2 Å². The fraction of sp³-hybridized carbons (Fsp3) is 0.364. The van der Waals surface area contributed by atoms with Crippen LogP contribution in [0, 0.1) is 5.92 Å². The van der Waals surface area contributed by atoms with Crippen molar-refractivity contribution in [1.82, 2.24) is 10.9 Å². The third kappa shape index (κ3) is 6.94. The zero-order valence-electron chi connectivity index (χ0n) is 17.0. The first-order valence-corrected chi connectivity index (χ1v) is 10.2. The quantitative estimate of drug-likeness (QED) is 0.605. The summed E-state index contributed by atoms with van der Waals surface area (Å²) in [6.45, 7) is 7.67. The molecule has 29 heavy (non-hydrogen) atoms. The number of benzene rings is 2. The van der Waals surface area contributed by atoms with E-state index in [0.29, 0.717) is 21.7 Å². The third-order valence-corrected chi connectivity index (χ3v) is 4.92. The molecule has 2 aromatic rings. The highest BCUT2D eigenvalue weighted by Crippen LogP contribution is 2.28. The van der Waals surface area contributed by atoms with Crippen LogP contribution in [0.2, 0.25) is 10.0 Å². The van der Waals surface area contributed by atoms with E-state index in [1.54, 1.807) is 26.0 Å². The Morgan fingerprint density at radius 3 is 2.14 bits per heavy atom. The number of hydrazine groups is 1. The standard InChI is InChI=1S/C22H26Cl2N2O3/c1-13(2)11-16-5-7-17(8-6-16)14(3)21(27)25-26-22(28)15(4)29-20-10-9-18(23)12-19(20)24/h5-10,12-15H,11H2,1-4H3,(H,25,27)(H,26,28). The number of carbonyl (C=O) groups is 2. The molecule has 0 aliphatic heterocycles. The monoisotopic (exact) mass is 436 g/mol. The lowest BCUT2D eigenvalue weighted by atomic mass is 9.96. The van der Waals surface area contributed by atoms with Crippen molar-refractivity contribution in [2.45, 2.75) is 46.1 Å². The van der Waals surface area contributed by atoms with E-state index in [1.165, 1.54) is 11.6 Å².